The summed E-state index contributed by atoms with van der Waals surface area (Å²) >= 11 is 5.95. The molecule has 2 heterocycles. The predicted molar refractivity (Wildman–Crippen MR) is 129 cm³/mol. The summed E-state index contributed by atoms with van der Waals surface area (Å²) in [5.74, 6) is -0.00861. The van der Waals surface area contributed by atoms with Crippen molar-refractivity contribution in [1.82, 2.24) is 15.1 Å². The summed E-state index contributed by atoms with van der Waals surface area (Å²) in [6.45, 7) is 0.931. The quantitative estimate of drug-likeness (QED) is 0.685. The van der Waals surface area contributed by atoms with Crippen molar-refractivity contribution >= 4 is 29.3 Å². The molecule has 5 rings (SSSR count). The number of methoxy groups -OCH3 is 1. The van der Waals surface area contributed by atoms with Crippen molar-refractivity contribution in [3.05, 3.63) is 64.7 Å². The smallest absolute Gasteiger partial charge is 0.257 e. The van der Waals surface area contributed by atoms with E-state index in [1.165, 1.54) is 0 Å². The fraction of sp³-hybridized carbons (Fsp3) is 0.423. The number of hydrogen-bond donors (Lipinski definition) is 1. The minimum Gasteiger partial charge on any atom is -0.497 e. The van der Waals surface area contributed by atoms with Crippen LogP contribution in [0.3, 0.4) is 0 Å². The van der Waals surface area contributed by atoms with Crippen LogP contribution in [0.2, 0.25) is 5.02 Å². The normalized spacial score (nSPS) is 21.1. The van der Waals surface area contributed by atoms with Crippen molar-refractivity contribution in [2.45, 2.75) is 43.5 Å². The lowest BCUT2D eigenvalue weighted by atomic mass is 9.96. The van der Waals surface area contributed by atoms with Crippen molar-refractivity contribution in [2.75, 3.05) is 26.8 Å². The molecule has 3 fully saturated rings. The van der Waals surface area contributed by atoms with Crippen LogP contribution in [0, 0.1) is 0 Å². The van der Waals surface area contributed by atoms with Gasteiger partial charge in [0.05, 0.1) is 13.7 Å². The molecule has 1 saturated carbocycles. The molecule has 0 bridgehead atoms. The maximum atomic E-state index is 13.8. The number of piperidine rings is 1. The maximum absolute atomic E-state index is 13.8. The van der Waals surface area contributed by atoms with E-state index in [-0.39, 0.29) is 30.4 Å². The van der Waals surface area contributed by atoms with Gasteiger partial charge in [0.2, 0.25) is 5.91 Å². The van der Waals surface area contributed by atoms with Crippen LogP contribution in [0.25, 0.3) is 0 Å². The largest absolute Gasteiger partial charge is 0.497 e. The summed E-state index contributed by atoms with van der Waals surface area (Å²) in [5.41, 5.74) is 0.0319. The monoisotopic (exact) mass is 497 g/mol. The van der Waals surface area contributed by atoms with Gasteiger partial charge in [-0.1, -0.05) is 17.7 Å². The molecule has 2 aromatic carbocycles. The summed E-state index contributed by atoms with van der Waals surface area (Å²) in [6.07, 6.45) is 2.73. The Kier molecular flexibility index (Phi) is 6.42. The van der Waals surface area contributed by atoms with Crippen molar-refractivity contribution in [1.29, 1.82) is 0 Å². The zero-order valence-electron chi connectivity index (χ0n) is 19.5. The fourth-order valence-corrected chi connectivity index (χ4v) is 4.95. The second kappa shape index (κ2) is 9.51. The van der Waals surface area contributed by atoms with E-state index in [0.29, 0.717) is 47.8 Å². The first-order valence-electron chi connectivity index (χ1n) is 11.9. The molecule has 2 aliphatic heterocycles. The van der Waals surface area contributed by atoms with Crippen LogP contribution in [0.5, 0.6) is 5.75 Å². The van der Waals surface area contributed by atoms with Gasteiger partial charge in [0.15, 0.2) is 0 Å². The first kappa shape index (κ1) is 23.6. The Morgan fingerprint density at radius 2 is 1.74 bits per heavy atom. The second-order valence-electron chi connectivity index (χ2n) is 9.26. The fourth-order valence-electron chi connectivity index (χ4n) is 4.82. The van der Waals surface area contributed by atoms with Gasteiger partial charge in [-0.05, 0) is 55.3 Å². The number of amides is 3. The maximum Gasteiger partial charge on any atom is 0.257 e. The van der Waals surface area contributed by atoms with E-state index in [2.05, 4.69) is 5.32 Å². The number of likely N-dealkylation sites (tertiary alicyclic amines) is 1. The van der Waals surface area contributed by atoms with Gasteiger partial charge in [-0.25, -0.2) is 0 Å². The molecule has 2 saturated heterocycles. The molecule has 1 atom stereocenters. The van der Waals surface area contributed by atoms with Crippen LogP contribution in [0.15, 0.2) is 48.5 Å². The van der Waals surface area contributed by atoms with Crippen LogP contribution in [0.1, 0.15) is 46.4 Å². The highest BCUT2D eigenvalue weighted by Gasteiger charge is 2.54. The van der Waals surface area contributed by atoms with Gasteiger partial charge in [-0.15, -0.1) is 0 Å². The van der Waals surface area contributed by atoms with Crippen molar-refractivity contribution in [3.8, 4) is 5.75 Å². The third kappa shape index (κ3) is 4.73. The first-order valence-corrected chi connectivity index (χ1v) is 12.2. The van der Waals surface area contributed by atoms with Crippen LogP contribution >= 0.6 is 11.6 Å². The van der Waals surface area contributed by atoms with Gasteiger partial charge >= 0.3 is 0 Å². The molecule has 3 aliphatic rings. The van der Waals surface area contributed by atoms with E-state index in [1.807, 2.05) is 0 Å². The van der Waals surface area contributed by atoms with E-state index in [0.717, 1.165) is 12.8 Å². The molecule has 0 radical (unpaired) electrons. The molecule has 35 heavy (non-hydrogen) atoms. The number of rotatable bonds is 5. The molecule has 0 aromatic heterocycles. The average molecular weight is 498 g/mol. The predicted octanol–water partition coefficient (Wildman–Crippen LogP) is 3.10. The van der Waals surface area contributed by atoms with E-state index in [9.17, 15) is 14.4 Å². The van der Waals surface area contributed by atoms with Gasteiger partial charge in [-0.3, -0.25) is 19.3 Å². The van der Waals surface area contributed by atoms with Crippen molar-refractivity contribution < 1.29 is 23.9 Å². The van der Waals surface area contributed by atoms with Crippen LogP contribution < -0.4 is 10.1 Å². The lowest BCUT2D eigenvalue weighted by Gasteiger charge is -2.44. The minimum absolute atomic E-state index is 0.0942. The van der Waals surface area contributed by atoms with Crippen molar-refractivity contribution in [3.63, 3.8) is 0 Å². The van der Waals surface area contributed by atoms with Crippen molar-refractivity contribution in [2.24, 2.45) is 0 Å². The van der Waals surface area contributed by atoms with Gasteiger partial charge in [0.25, 0.3) is 11.8 Å². The molecule has 8 nitrogen and oxygen atoms in total. The molecule has 1 N–H and O–H groups in total. The number of benzene rings is 2. The third-order valence-electron chi connectivity index (χ3n) is 6.95. The average Bonchev–Trinajstić information content (AvgIpc) is 3.63. The minimum atomic E-state index is -0.956. The molecule has 2 aromatic rings. The Hall–Kier alpha value is -3.10. The molecular weight excluding hydrogens is 470 g/mol. The molecule has 0 unspecified atom stereocenters. The number of ether oxygens (including phenoxy) is 2. The second-order valence-corrected chi connectivity index (χ2v) is 9.70. The highest BCUT2D eigenvalue weighted by atomic mass is 35.5. The summed E-state index contributed by atoms with van der Waals surface area (Å²) in [5, 5.41) is 3.59. The Bertz CT molecular complexity index is 1130. The number of carbonyl (C=O) groups excluding carboxylic acids is 3. The first-order chi connectivity index (χ1) is 16.9. The van der Waals surface area contributed by atoms with E-state index >= 15 is 0 Å². The van der Waals surface area contributed by atoms with Crippen LogP contribution in [0.4, 0.5) is 0 Å². The lowest BCUT2D eigenvalue weighted by Crippen LogP contribution is -2.60. The lowest BCUT2D eigenvalue weighted by molar-refractivity contribution is -0.128. The summed E-state index contributed by atoms with van der Waals surface area (Å²) in [7, 11) is 1.54. The summed E-state index contributed by atoms with van der Waals surface area (Å²) in [4.78, 5) is 43.2. The molecule has 3 amide bonds. The third-order valence-corrected chi connectivity index (χ3v) is 7.20. The number of hydrogen-bond acceptors (Lipinski definition) is 5. The Balaban J connectivity index is 1.38. The Morgan fingerprint density at radius 3 is 2.40 bits per heavy atom. The van der Waals surface area contributed by atoms with Gasteiger partial charge in [0, 0.05) is 48.1 Å². The van der Waals surface area contributed by atoms with E-state index < -0.39 is 11.8 Å². The number of nitrogens with one attached hydrogen (secondary N) is 1. The van der Waals surface area contributed by atoms with Crippen LogP contribution in [-0.4, -0.2) is 72.1 Å². The summed E-state index contributed by atoms with van der Waals surface area (Å²) < 4.78 is 11.5. The SMILES string of the molecule is COc1cccc(C(=O)N2[C@H](C(=O)NC3CC3)COC23CCN(C(=O)c2ccc(Cl)cc2)CC3)c1. The standard InChI is InChI=1S/C26H28ClN3O5/c1-34-21-4-2-3-18(15-21)25(33)30-22(23(31)28-20-9-10-20)16-35-26(30)11-13-29(14-12-26)24(32)17-5-7-19(27)8-6-17/h2-8,15,20,22H,9-14,16H2,1H3,(H,28,31)/t22-/m0/s1. The Labute approximate surface area is 209 Å². The molecule has 1 aliphatic carbocycles. The number of halogens is 1. The van der Waals surface area contributed by atoms with Gasteiger partial charge in [0.1, 0.15) is 17.5 Å². The van der Waals surface area contributed by atoms with E-state index in [4.69, 9.17) is 21.1 Å². The summed E-state index contributed by atoms with van der Waals surface area (Å²) in [6, 6.07) is 13.1. The van der Waals surface area contributed by atoms with Gasteiger partial charge < -0.3 is 19.7 Å². The topological polar surface area (TPSA) is 88.2 Å². The highest BCUT2D eigenvalue weighted by molar-refractivity contribution is 6.30. The molecular formula is C26H28ClN3O5. The van der Waals surface area contributed by atoms with Crippen LogP contribution in [-0.2, 0) is 9.53 Å². The van der Waals surface area contributed by atoms with Gasteiger partial charge in [-0.2, -0.15) is 0 Å². The molecule has 184 valence electrons. The highest BCUT2D eigenvalue weighted by Crippen LogP contribution is 2.39. The zero-order valence-corrected chi connectivity index (χ0v) is 20.3. The Morgan fingerprint density at radius 1 is 1.03 bits per heavy atom. The molecule has 1 spiro atoms. The molecule has 9 heteroatoms. The zero-order chi connectivity index (χ0) is 24.6. The number of carbonyl (C=O) groups is 3. The number of nitrogens with zero attached hydrogens (tertiary/aromatic N) is 2. The van der Waals surface area contributed by atoms with E-state index in [1.54, 1.807) is 65.4 Å².